The van der Waals surface area contributed by atoms with Gasteiger partial charge in [0.15, 0.2) is 0 Å². The molecule has 0 aliphatic carbocycles. The van der Waals surface area contributed by atoms with Gasteiger partial charge in [0, 0.05) is 10.0 Å². The van der Waals surface area contributed by atoms with E-state index in [9.17, 15) is 10.2 Å². The van der Waals surface area contributed by atoms with Gasteiger partial charge in [-0.3, -0.25) is 0 Å². The average molecular weight is 579 g/mol. The summed E-state index contributed by atoms with van der Waals surface area (Å²) in [5.41, 5.74) is 0. The third-order valence-corrected chi connectivity index (χ3v) is 5.93. The molecule has 0 fully saturated rings. The van der Waals surface area contributed by atoms with Crippen molar-refractivity contribution in [1.29, 1.82) is 0 Å². The summed E-state index contributed by atoms with van der Waals surface area (Å²) in [5.74, 6) is 1.41. The van der Waals surface area contributed by atoms with Crippen LogP contribution in [0, 0.1) is 0 Å². The molecule has 4 rings (SSSR count). The van der Waals surface area contributed by atoms with Crippen LogP contribution in [-0.4, -0.2) is 10.2 Å². The lowest BCUT2D eigenvalue weighted by Gasteiger charge is -2.09. The highest BCUT2D eigenvalue weighted by atomic mass is 35.5. The SMILES string of the molecule is Oc1cccc(Oc2ccc(Cl)cc2Cl)c1Cl.Oc1cccc(Oc2ccc(Cl)cc2Cl)c1Cl. The molecule has 0 aliphatic heterocycles. The van der Waals surface area contributed by atoms with E-state index < -0.39 is 0 Å². The molecule has 4 nitrogen and oxygen atoms in total. The van der Waals surface area contributed by atoms with Gasteiger partial charge in [0.1, 0.15) is 44.5 Å². The van der Waals surface area contributed by atoms with Crippen LogP contribution >= 0.6 is 69.6 Å². The molecular weight excluding hydrogens is 565 g/mol. The highest BCUT2D eigenvalue weighted by Crippen LogP contribution is 2.39. The summed E-state index contributed by atoms with van der Waals surface area (Å²) in [6.45, 7) is 0. The normalized spacial score (nSPS) is 10.3. The highest BCUT2D eigenvalue weighted by molar-refractivity contribution is 6.36. The van der Waals surface area contributed by atoms with Crippen LogP contribution in [0.3, 0.4) is 0 Å². The van der Waals surface area contributed by atoms with Crippen molar-refractivity contribution in [2.45, 2.75) is 0 Å². The van der Waals surface area contributed by atoms with Gasteiger partial charge in [0.2, 0.25) is 0 Å². The summed E-state index contributed by atoms with van der Waals surface area (Å²) in [6, 6.07) is 19.2. The van der Waals surface area contributed by atoms with Gasteiger partial charge in [-0.05, 0) is 60.7 Å². The first-order valence-corrected chi connectivity index (χ1v) is 11.6. The number of hydrogen-bond donors (Lipinski definition) is 2. The monoisotopic (exact) mass is 576 g/mol. The standard InChI is InChI=1S/2C12H7Cl3O2/c2*13-7-4-5-10(8(14)6-7)17-11-3-1-2-9(16)12(11)15/h2*1-6,16H. The minimum absolute atomic E-state index is 0.0470. The maximum absolute atomic E-state index is 9.43. The Balaban J connectivity index is 0.000000191. The van der Waals surface area contributed by atoms with Crippen LogP contribution in [0.4, 0.5) is 0 Å². The van der Waals surface area contributed by atoms with E-state index in [2.05, 4.69) is 0 Å². The average Bonchev–Trinajstić information content (AvgIpc) is 2.78. The largest absolute Gasteiger partial charge is 0.506 e. The third-order valence-electron chi connectivity index (χ3n) is 4.11. The molecule has 0 saturated carbocycles. The van der Waals surface area contributed by atoms with E-state index in [0.29, 0.717) is 43.1 Å². The van der Waals surface area contributed by atoms with Crippen LogP contribution in [0.25, 0.3) is 0 Å². The molecule has 0 unspecified atom stereocenters. The molecule has 10 heteroatoms. The fraction of sp³-hybridized carbons (Fsp3) is 0. The van der Waals surface area contributed by atoms with Crippen molar-refractivity contribution >= 4 is 69.6 Å². The molecule has 0 aromatic heterocycles. The van der Waals surface area contributed by atoms with E-state index in [-0.39, 0.29) is 21.5 Å². The Labute approximate surface area is 225 Å². The van der Waals surface area contributed by atoms with Crippen molar-refractivity contribution in [3.05, 3.63) is 103 Å². The minimum atomic E-state index is -0.0470. The lowest BCUT2D eigenvalue weighted by atomic mass is 10.3. The first-order valence-electron chi connectivity index (χ1n) is 9.36. The van der Waals surface area contributed by atoms with E-state index >= 15 is 0 Å². The second kappa shape index (κ2) is 12.0. The molecule has 0 amide bonds. The summed E-state index contributed by atoms with van der Waals surface area (Å²) in [5, 5.41) is 20.9. The topological polar surface area (TPSA) is 58.9 Å². The smallest absolute Gasteiger partial charge is 0.149 e. The van der Waals surface area contributed by atoms with Gasteiger partial charge < -0.3 is 19.7 Å². The molecule has 176 valence electrons. The quantitative estimate of drug-likeness (QED) is 0.253. The highest BCUT2D eigenvalue weighted by Gasteiger charge is 2.11. The fourth-order valence-electron chi connectivity index (χ4n) is 2.51. The number of halogens is 6. The Morgan fingerprint density at radius 3 is 1.21 bits per heavy atom. The van der Waals surface area contributed by atoms with E-state index in [1.165, 1.54) is 12.1 Å². The van der Waals surface area contributed by atoms with Crippen LogP contribution in [0.2, 0.25) is 30.1 Å². The Hall–Kier alpha value is -2.18. The third kappa shape index (κ3) is 6.92. The van der Waals surface area contributed by atoms with E-state index in [1.54, 1.807) is 60.7 Å². The van der Waals surface area contributed by atoms with Gasteiger partial charge >= 0.3 is 0 Å². The lowest BCUT2D eigenvalue weighted by Crippen LogP contribution is -1.86. The van der Waals surface area contributed by atoms with Crippen LogP contribution in [0.5, 0.6) is 34.5 Å². The van der Waals surface area contributed by atoms with E-state index in [4.69, 9.17) is 79.1 Å². The second-order valence-electron chi connectivity index (χ2n) is 6.53. The molecule has 0 bridgehead atoms. The van der Waals surface area contributed by atoms with Gasteiger partial charge in [0.25, 0.3) is 0 Å². The molecule has 0 radical (unpaired) electrons. The number of ether oxygens (including phenoxy) is 2. The van der Waals surface area contributed by atoms with Crippen molar-refractivity contribution in [3.63, 3.8) is 0 Å². The maximum Gasteiger partial charge on any atom is 0.149 e. The first-order chi connectivity index (χ1) is 16.2. The second-order valence-corrected chi connectivity index (χ2v) is 8.98. The van der Waals surface area contributed by atoms with Crippen molar-refractivity contribution < 1.29 is 19.7 Å². The van der Waals surface area contributed by atoms with E-state index in [1.807, 2.05) is 0 Å². The lowest BCUT2D eigenvalue weighted by molar-refractivity contribution is 0.455. The van der Waals surface area contributed by atoms with Crippen LogP contribution < -0.4 is 9.47 Å². The number of aromatic hydroxyl groups is 2. The summed E-state index contributed by atoms with van der Waals surface area (Å²) < 4.78 is 11.0. The molecule has 0 aliphatic rings. The Morgan fingerprint density at radius 2 is 0.853 bits per heavy atom. The fourth-order valence-corrected chi connectivity index (χ4v) is 3.73. The van der Waals surface area contributed by atoms with Crippen molar-refractivity contribution in [2.24, 2.45) is 0 Å². The number of hydrogen-bond acceptors (Lipinski definition) is 4. The zero-order valence-corrected chi connectivity index (χ0v) is 21.4. The van der Waals surface area contributed by atoms with Crippen LogP contribution in [-0.2, 0) is 0 Å². The molecular formula is C24H14Cl6O4. The summed E-state index contributed by atoms with van der Waals surface area (Å²) in [4.78, 5) is 0. The molecule has 0 saturated heterocycles. The predicted octanol–water partition coefficient (Wildman–Crippen LogP) is 10.3. The number of phenolic OH excluding ortho intramolecular Hbond substituents is 2. The molecule has 4 aromatic carbocycles. The van der Waals surface area contributed by atoms with E-state index in [0.717, 1.165) is 0 Å². The molecule has 2 N–H and O–H groups in total. The van der Waals surface area contributed by atoms with Gasteiger partial charge in [-0.15, -0.1) is 0 Å². The molecule has 0 atom stereocenters. The first kappa shape index (κ1) is 26.4. The van der Waals surface area contributed by atoms with Gasteiger partial charge in [-0.1, -0.05) is 81.7 Å². The Kier molecular flexibility index (Phi) is 9.31. The molecule has 0 spiro atoms. The zero-order valence-electron chi connectivity index (χ0n) is 16.9. The zero-order chi connectivity index (χ0) is 24.8. The molecule has 34 heavy (non-hydrogen) atoms. The van der Waals surface area contributed by atoms with Gasteiger partial charge in [-0.2, -0.15) is 0 Å². The number of phenols is 2. The number of benzene rings is 4. The van der Waals surface area contributed by atoms with Gasteiger partial charge in [0.05, 0.1) is 10.0 Å². The Bertz CT molecular complexity index is 1210. The summed E-state index contributed by atoms with van der Waals surface area (Å²) in [7, 11) is 0. The van der Waals surface area contributed by atoms with Crippen LogP contribution in [0.1, 0.15) is 0 Å². The molecule has 4 aromatic rings. The summed E-state index contributed by atoms with van der Waals surface area (Å²) in [6.07, 6.45) is 0. The predicted molar refractivity (Wildman–Crippen MR) is 139 cm³/mol. The van der Waals surface area contributed by atoms with Crippen LogP contribution in [0.15, 0.2) is 72.8 Å². The van der Waals surface area contributed by atoms with Crippen molar-refractivity contribution in [3.8, 4) is 34.5 Å². The van der Waals surface area contributed by atoms with Crippen molar-refractivity contribution in [2.75, 3.05) is 0 Å². The van der Waals surface area contributed by atoms with Gasteiger partial charge in [-0.25, -0.2) is 0 Å². The maximum atomic E-state index is 9.43. The Morgan fingerprint density at radius 1 is 0.471 bits per heavy atom. The number of rotatable bonds is 4. The molecule has 0 heterocycles. The minimum Gasteiger partial charge on any atom is -0.506 e. The summed E-state index contributed by atoms with van der Waals surface area (Å²) >= 11 is 35.2. The van der Waals surface area contributed by atoms with Crippen molar-refractivity contribution in [1.82, 2.24) is 0 Å².